The van der Waals surface area contributed by atoms with E-state index in [0.29, 0.717) is 6.61 Å². The third-order valence-corrected chi connectivity index (χ3v) is 2.57. The summed E-state index contributed by atoms with van der Waals surface area (Å²) in [6, 6.07) is 0. The Morgan fingerprint density at radius 3 is 2.50 bits per heavy atom. The van der Waals surface area contributed by atoms with Crippen molar-refractivity contribution in [2.75, 3.05) is 6.61 Å². The van der Waals surface area contributed by atoms with Gasteiger partial charge in [0.05, 0.1) is 24.9 Å². The highest BCUT2D eigenvalue weighted by Crippen LogP contribution is 2.21. The van der Waals surface area contributed by atoms with Crippen molar-refractivity contribution in [1.29, 1.82) is 0 Å². The van der Waals surface area contributed by atoms with Crippen LogP contribution in [0.2, 0.25) is 0 Å². The fourth-order valence-electron chi connectivity index (χ4n) is 1.98. The van der Waals surface area contributed by atoms with Crippen LogP contribution >= 0.6 is 0 Å². The molecule has 0 aromatic rings. The molecule has 1 aliphatic rings. The second-order valence-corrected chi connectivity index (χ2v) is 4.49. The molecule has 1 heterocycles. The summed E-state index contributed by atoms with van der Waals surface area (Å²) < 4.78 is 11.3. The molecule has 0 bridgehead atoms. The van der Waals surface area contributed by atoms with Gasteiger partial charge in [-0.15, -0.1) is 0 Å². The average molecular weight is 228 g/mol. The van der Waals surface area contributed by atoms with Crippen LogP contribution in [0.4, 0.5) is 0 Å². The third kappa shape index (κ3) is 4.77. The van der Waals surface area contributed by atoms with Crippen molar-refractivity contribution in [1.82, 2.24) is 0 Å². The maximum absolute atomic E-state index is 10.4. The van der Waals surface area contributed by atoms with Crippen LogP contribution in [0.25, 0.3) is 0 Å². The summed E-state index contributed by atoms with van der Waals surface area (Å²) in [5.41, 5.74) is 0.735. The van der Waals surface area contributed by atoms with Crippen LogP contribution < -0.4 is 0 Å². The molecular weight excluding hydrogens is 208 g/mol. The number of hydrogen-bond acceptors (Lipinski definition) is 3. The second kappa shape index (κ2) is 6.01. The van der Waals surface area contributed by atoms with E-state index in [1.54, 1.807) is 6.92 Å². The van der Waals surface area contributed by atoms with Crippen molar-refractivity contribution in [2.24, 2.45) is 0 Å². The van der Waals surface area contributed by atoms with Crippen LogP contribution in [0.15, 0.2) is 11.6 Å². The van der Waals surface area contributed by atoms with Crippen molar-refractivity contribution in [2.45, 2.75) is 51.9 Å². The highest BCUT2D eigenvalue weighted by atomic mass is 16.5. The summed E-state index contributed by atoms with van der Waals surface area (Å²) in [5, 5.41) is 8.55. The Labute approximate surface area is 96.2 Å². The van der Waals surface area contributed by atoms with Crippen LogP contribution in [0, 0.1) is 0 Å². The van der Waals surface area contributed by atoms with Crippen LogP contribution in [-0.2, 0) is 14.3 Å². The SMILES string of the molecule is CC(=CC(=O)O)COC1CC(C)OC(C)C1. The van der Waals surface area contributed by atoms with Gasteiger partial charge in [-0.25, -0.2) is 4.79 Å². The zero-order valence-electron chi connectivity index (χ0n) is 10.1. The lowest BCUT2D eigenvalue weighted by Gasteiger charge is -2.32. The van der Waals surface area contributed by atoms with Gasteiger partial charge in [-0.2, -0.15) is 0 Å². The number of rotatable bonds is 4. The van der Waals surface area contributed by atoms with Gasteiger partial charge in [0.2, 0.25) is 0 Å². The van der Waals surface area contributed by atoms with Crippen LogP contribution in [-0.4, -0.2) is 36.0 Å². The van der Waals surface area contributed by atoms with Crippen molar-refractivity contribution in [3.05, 3.63) is 11.6 Å². The van der Waals surface area contributed by atoms with Gasteiger partial charge in [0.1, 0.15) is 0 Å². The predicted molar refractivity (Wildman–Crippen MR) is 60.4 cm³/mol. The van der Waals surface area contributed by atoms with Crippen molar-refractivity contribution in [3.63, 3.8) is 0 Å². The zero-order chi connectivity index (χ0) is 12.1. The van der Waals surface area contributed by atoms with E-state index in [1.807, 2.05) is 13.8 Å². The lowest BCUT2D eigenvalue weighted by atomic mass is 10.0. The molecule has 0 aromatic heterocycles. The molecule has 16 heavy (non-hydrogen) atoms. The zero-order valence-corrected chi connectivity index (χ0v) is 10.1. The fourth-order valence-corrected chi connectivity index (χ4v) is 1.98. The smallest absolute Gasteiger partial charge is 0.328 e. The maximum atomic E-state index is 10.4. The van der Waals surface area contributed by atoms with E-state index in [4.69, 9.17) is 14.6 Å². The van der Waals surface area contributed by atoms with Gasteiger partial charge in [-0.05, 0) is 39.2 Å². The van der Waals surface area contributed by atoms with Crippen LogP contribution in [0.1, 0.15) is 33.6 Å². The molecule has 0 aromatic carbocycles. The molecular formula is C12H20O4. The van der Waals surface area contributed by atoms with E-state index in [2.05, 4.69) is 0 Å². The van der Waals surface area contributed by atoms with Gasteiger partial charge in [0, 0.05) is 6.08 Å². The first-order valence-electron chi connectivity index (χ1n) is 5.64. The number of ether oxygens (including phenoxy) is 2. The fraction of sp³-hybridized carbons (Fsp3) is 0.750. The van der Waals surface area contributed by atoms with Crippen molar-refractivity contribution < 1.29 is 19.4 Å². The quantitative estimate of drug-likeness (QED) is 0.748. The molecule has 92 valence electrons. The number of carboxylic acid groups (broad SMARTS) is 1. The second-order valence-electron chi connectivity index (χ2n) is 4.49. The van der Waals surface area contributed by atoms with Gasteiger partial charge in [0.25, 0.3) is 0 Å². The number of aliphatic carboxylic acids is 1. The number of carboxylic acids is 1. The molecule has 2 unspecified atom stereocenters. The standard InChI is InChI=1S/C12H20O4/c1-8(4-12(13)14)7-15-11-5-9(2)16-10(3)6-11/h4,9-11H,5-7H2,1-3H3,(H,13,14). The first-order chi connectivity index (χ1) is 7.47. The Kier molecular flexibility index (Phi) is 4.96. The van der Waals surface area contributed by atoms with Gasteiger partial charge in [-0.1, -0.05) is 0 Å². The van der Waals surface area contributed by atoms with Crippen LogP contribution in [0.3, 0.4) is 0 Å². The van der Waals surface area contributed by atoms with E-state index in [0.717, 1.165) is 18.4 Å². The minimum Gasteiger partial charge on any atom is -0.478 e. The van der Waals surface area contributed by atoms with E-state index in [9.17, 15) is 4.79 Å². The van der Waals surface area contributed by atoms with E-state index in [-0.39, 0.29) is 18.3 Å². The molecule has 0 spiro atoms. The summed E-state index contributed by atoms with van der Waals surface area (Å²) >= 11 is 0. The largest absolute Gasteiger partial charge is 0.478 e. The minimum absolute atomic E-state index is 0.177. The number of carbonyl (C=O) groups is 1. The van der Waals surface area contributed by atoms with Gasteiger partial charge < -0.3 is 14.6 Å². The van der Waals surface area contributed by atoms with Crippen LogP contribution in [0.5, 0.6) is 0 Å². The molecule has 1 saturated heterocycles. The van der Waals surface area contributed by atoms with Crippen molar-refractivity contribution in [3.8, 4) is 0 Å². The average Bonchev–Trinajstić information content (AvgIpc) is 2.12. The van der Waals surface area contributed by atoms with Gasteiger partial charge in [-0.3, -0.25) is 0 Å². The third-order valence-electron chi connectivity index (χ3n) is 2.57. The highest BCUT2D eigenvalue weighted by molar-refractivity contribution is 5.80. The molecule has 1 fully saturated rings. The summed E-state index contributed by atoms with van der Waals surface area (Å²) in [4.78, 5) is 10.4. The molecule has 4 nitrogen and oxygen atoms in total. The lowest BCUT2D eigenvalue weighted by molar-refractivity contribution is -0.131. The topological polar surface area (TPSA) is 55.8 Å². The molecule has 1 rings (SSSR count). The molecule has 1 N–H and O–H groups in total. The molecule has 4 heteroatoms. The van der Waals surface area contributed by atoms with Gasteiger partial charge in [0.15, 0.2) is 0 Å². The van der Waals surface area contributed by atoms with Crippen molar-refractivity contribution >= 4 is 5.97 Å². The van der Waals surface area contributed by atoms with E-state index < -0.39 is 5.97 Å². The first-order valence-corrected chi connectivity index (χ1v) is 5.64. The molecule has 0 aliphatic carbocycles. The Hall–Kier alpha value is -0.870. The Morgan fingerprint density at radius 1 is 1.44 bits per heavy atom. The lowest BCUT2D eigenvalue weighted by Crippen LogP contribution is -2.34. The molecule has 2 atom stereocenters. The van der Waals surface area contributed by atoms with E-state index in [1.165, 1.54) is 6.08 Å². The Morgan fingerprint density at radius 2 is 2.00 bits per heavy atom. The monoisotopic (exact) mass is 228 g/mol. The van der Waals surface area contributed by atoms with Gasteiger partial charge >= 0.3 is 5.97 Å². The molecule has 1 aliphatic heterocycles. The highest BCUT2D eigenvalue weighted by Gasteiger charge is 2.24. The number of hydrogen-bond donors (Lipinski definition) is 1. The summed E-state index contributed by atoms with van der Waals surface area (Å²) in [7, 11) is 0. The summed E-state index contributed by atoms with van der Waals surface area (Å²) in [6.45, 7) is 6.22. The first kappa shape index (κ1) is 13.2. The molecule has 0 radical (unpaired) electrons. The summed E-state index contributed by atoms with van der Waals surface area (Å²) in [5.74, 6) is -0.921. The normalized spacial score (nSPS) is 31.4. The molecule has 0 saturated carbocycles. The Balaban J connectivity index is 2.34. The molecule has 0 amide bonds. The minimum atomic E-state index is -0.921. The Bertz CT molecular complexity index is 262. The predicted octanol–water partition coefficient (Wildman–Crippen LogP) is 1.99. The maximum Gasteiger partial charge on any atom is 0.328 e. The summed E-state index contributed by atoms with van der Waals surface area (Å²) in [6.07, 6.45) is 3.56. The van der Waals surface area contributed by atoms with E-state index >= 15 is 0 Å².